The summed E-state index contributed by atoms with van der Waals surface area (Å²) in [4.78, 5) is 13.4. The summed E-state index contributed by atoms with van der Waals surface area (Å²) in [6.07, 6.45) is 2.13. The van der Waals surface area contributed by atoms with E-state index in [1.54, 1.807) is 0 Å². The van der Waals surface area contributed by atoms with Crippen molar-refractivity contribution in [2.24, 2.45) is 5.92 Å². The molecule has 2 rings (SSSR count). The van der Waals surface area contributed by atoms with E-state index in [1.807, 2.05) is 18.2 Å². The maximum absolute atomic E-state index is 11.0. The number of nitrogens with zero attached hydrogens (tertiary/aromatic N) is 1. The van der Waals surface area contributed by atoms with Crippen molar-refractivity contribution >= 4 is 17.5 Å². The van der Waals surface area contributed by atoms with Crippen molar-refractivity contribution in [2.45, 2.75) is 19.4 Å². The molecule has 20 heavy (non-hydrogen) atoms. The van der Waals surface area contributed by atoms with Crippen LogP contribution < -0.4 is 5.32 Å². The number of hydrogen-bond donors (Lipinski definition) is 2. The van der Waals surface area contributed by atoms with E-state index in [1.165, 1.54) is 5.56 Å². The Hall–Kier alpha value is -1.10. The molecule has 5 heteroatoms. The Morgan fingerprint density at radius 3 is 2.70 bits per heavy atom. The fourth-order valence-corrected chi connectivity index (χ4v) is 2.73. The minimum Gasteiger partial charge on any atom is -0.387 e. The molecule has 1 saturated heterocycles. The van der Waals surface area contributed by atoms with Crippen molar-refractivity contribution in [3.63, 3.8) is 0 Å². The number of carbonyl (C=O) groups excluding carboxylic acids is 1. The maximum atomic E-state index is 11.0. The average molecular weight is 297 g/mol. The Labute approximate surface area is 124 Å². The number of aliphatic hydroxyl groups excluding tert-OH is 1. The highest BCUT2D eigenvalue weighted by Crippen LogP contribution is 2.21. The molecule has 0 unspecified atom stereocenters. The molecule has 1 aliphatic heterocycles. The lowest BCUT2D eigenvalue weighted by Crippen LogP contribution is -2.39. The zero-order chi connectivity index (χ0) is 14.4. The van der Waals surface area contributed by atoms with Crippen LogP contribution in [0.15, 0.2) is 24.3 Å². The van der Waals surface area contributed by atoms with Crippen LogP contribution in [0.1, 0.15) is 18.4 Å². The average Bonchev–Trinajstić information content (AvgIpc) is 2.48. The number of hydrogen-bond acceptors (Lipinski definition) is 3. The summed E-state index contributed by atoms with van der Waals surface area (Å²) in [5.41, 5.74) is 1.17. The van der Waals surface area contributed by atoms with Gasteiger partial charge >= 0.3 is 0 Å². The van der Waals surface area contributed by atoms with E-state index in [0.29, 0.717) is 12.5 Å². The molecule has 1 aliphatic rings. The predicted molar refractivity (Wildman–Crippen MR) is 79.5 cm³/mol. The first kappa shape index (κ1) is 15.3. The maximum Gasteiger partial charge on any atom is 0.245 e. The Bertz CT molecular complexity index is 445. The Balaban J connectivity index is 1.74. The van der Waals surface area contributed by atoms with Gasteiger partial charge in [-0.2, -0.15) is 0 Å². The molecular weight excluding hydrogens is 276 g/mol. The first-order valence-electron chi connectivity index (χ1n) is 7.02. The quantitative estimate of drug-likeness (QED) is 0.869. The fourth-order valence-electron chi connectivity index (χ4n) is 2.53. The van der Waals surface area contributed by atoms with Gasteiger partial charge in [0.05, 0.1) is 0 Å². The Morgan fingerprint density at radius 2 is 2.05 bits per heavy atom. The molecule has 1 amide bonds. The minimum atomic E-state index is -0.425. The van der Waals surface area contributed by atoms with Crippen LogP contribution in [0.25, 0.3) is 0 Å². The van der Waals surface area contributed by atoms with Crippen molar-refractivity contribution in [2.75, 3.05) is 26.2 Å². The van der Waals surface area contributed by atoms with Crippen molar-refractivity contribution < 1.29 is 9.90 Å². The number of piperidine rings is 1. The third-order valence-corrected chi connectivity index (χ3v) is 4.16. The topological polar surface area (TPSA) is 52.6 Å². The van der Waals surface area contributed by atoms with Crippen molar-refractivity contribution in [3.05, 3.63) is 34.9 Å². The molecule has 0 aromatic heterocycles. The molecule has 0 bridgehead atoms. The van der Waals surface area contributed by atoms with Crippen LogP contribution >= 0.6 is 11.6 Å². The van der Waals surface area contributed by atoms with E-state index < -0.39 is 6.61 Å². The third kappa shape index (κ3) is 4.47. The highest BCUT2D eigenvalue weighted by atomic mass is 35.5. The molecule has 0 saturated carbocycles. The zero-order valence-corrected chi connectivity index (χ0v) is 12.3. The van der Waals surface area contributed by atoms with Crippen LogP contribution in [0.5, 0.6) is 0 Å². The Morgan fingerprint density at radius 1 is 1.35 bits per heavy atom. The molecule has 1 aromatic carbocycles. The SMILES string of the molecule is O=C(CO)NCC1CCN(Cc2ccccc2Cl)CC1. The first-order valence-corrected chi connectivity index (χ1v) is 7.40. The number of aliphatic hydroxyl groups is 1. The number of amides is 1. The number of carbonyl (C=O) groups is 1. The lowest BCUT2D eigenvalue weighted by atomic mass is 9.96. The lowest BCUT2D eigenvalue weighted by molar-refractivity contribution is -0.124. The summed E-state index contributed by atoms with van der Waals surface area (Å²) in [7, 11) is 0. The predicted octanol–water partition coefficient (Wildman–Crippen LogP) is 1.66. The number of rotatable bonds is 5. The van der Waals surface area contributed by atoms with E-state index in [-0.39, 0.29) is 5.91 Å². The highest BCUT2D eigenvalue weighted by molar-refractivity contribution is 6.31. The van der Waals surface area contributed by atoms with Crippen LogP contribution in [0.2, 0.25) is 5.02 Å². The van der Waals surface area contributed by atoms with E-state index in [0.717, 1.165) is 37.5 Å². The summed E-state index contributed by atoms with van der Waals surface area (Å²) >= 11 is 6.17. The summed E-state index contributed by atoms with van der Waals surface area (Å²) < 4.78 is 0. The molecule has 1 heterocycles. The lowest BCUT2D eigenvalue weighted by Gasteiger charge is -2.32. The van der Waals surface area contributed by atoms with Gasteiger partial charge in [0.25, 0.3) is 0 Å². The second-order valence-electron chi connectivity index (χ2n) is 5.27. The number of likely N-dealkylation sites (tertiary alicyclic amines) is 1. The summed E-state index contributed by atoms with van der Waals surface area (Å²) in [6, 6.07) is 7.95. The Kier molecular flexibility index (Phi) is 5.83. The van der Waals surface area contributed by atoms with E-state index >= 15 is 0 Å². The van der Waals surface area contributed by atoms with Crippen LogP contribution in [-0.4, -0.2) is 42.2 Å². The summed E-state index contributed by atoms with van der Waals surface area (Å²) in [5.74, 6) is 0.219. The van der Waals surface area contributed by atoms with Crippen molar-refractivity contribution in [1.29, 1.82) is 0 Å². The molecule has 4 nitrogen and oxygen atoms in total. The van der Waals surface area contributed by atoms with Gasteiger partial charge in [0.15, 0.2) is 0 Å². The number of halogens is 1. The van der Waals surface area contributed by atoms with Gasteiger partial charge < -0.3 is 10.4 Å². The van der Waals surface area contributed by atoms with Crippen molar-refractivity contribution in [1.82, 2.24) is 10.2 Å². The van der Waals surface area contributed by atoms with E-state index in [4.69, 9.17) is 16.7 Å². The molecule has 110 valence electrons. The van der Waals surface area contributed by atoms with Gasteiger partial charge in [0, 0.05) is 18.1 Å². The molecule has 0 atom stereocenters. The van der Waals surface area contributed by atoms with Crippen molar-refractivity contribution in [3.8, 4) is 0 Å². The number of benzene rings is 1. The fraction of sp³-hybridized carbons (Fsp3) is 0.533. The summed E-state index contributed by atoms with van der Waals surface area (Å²) in [6.45, 7) is 3.16. The smallest absolute Gasteiger partial charge is 0.245 e. The molecule has 2 N–H and O–H groups in total. The zero-order valence-electron chi connectivity index (χ0n) is 11.5. The van der Waals surface area contributed by atoms with Crippen LogP contribution in [0.4, 0.5) is 0 Å². The molecule has 0 spiro atoms. The standard InChI is InChI=1S/C15H21ClN2O2/c16-14-4-2-1-3-13(14)10-18-7-5-12(6-8-18)9-17-15(20)11-19/h1-4,12,19H,5-11H2,(H,17,20). The van der Waals surface area contributed by atoms with Gasteiger partial charge in [0.1, 0.15) is 6.61 Å². The van der Waals surface area contributed by atoms with Crippen LogP contribution in [0.3, 0.4) is 0 Å². The first-order chi connectivity index (χ1) is 9.69. The highest BCUT2D eigenvalue weighted by Gasteiger charge is 2.20. The number of nitrogens with one attached hydrogen (secondary N) is 1. The van der Waals surface area contributed by atoms with Gasteiger partial charge in [-0.05, 0) is 43.5 Å². The van der Waals surface area contributed by atoms with Gasteiger partial charge in [-0.15, -0.1) is 0 Å². The molecule has 0 aliphatic carbocycles. The van der Waals surface area contributed by atoms with Crippen LogP contribution in [0, 0.1) is 5.92 Å². The molecular formula is C15H21ClN2O2. The van der Waals surface area contributed by atoms with E-state index in [9.17, 15) is 4.79 Å². The molecule has 1 aromatic rings. The van der Waals surface area contributed by atoms with Gasteiger partial charge in [-0.25, -0.2) is 0 Å². The largest absolute Gasteiger partial charge is 0.387 e. The second-order valence-corrected chi connectivity index (χ2v) is 5.68. The second kappa shape index (κ2) is 7.62. The van der Waals surface area contributed by atoms with E-state index in [2.05, 4.69) is 16.3 Å². The van der Waals surface area contributed by atoms with Crippen LogP contribution in [-0.2, 0) is 11.3 Å². The summed E-state index contributed by atoms with van der Waals surface area (Å²) in [5, 5.41) is 12.2. The minimum absolute atomic E-state index is 0.288. The molecule has 0 radical (unpaired) electrons. The van der Waals surface area contributed by atoms with Gasteiger partial charge in [0.2, 0.25) is 5.91 Å². The normalized spacial score (nSPS) is 17.1. The third-order valence-electron chi connectivity index (χ3n) is 3.79. The van der Waals surface area contributed by atoms with Gasteiger partial charge in [-0.1, -0.05) is 29.8 Å². The van der Waals surface area contributed by atoms with Gasteiger partial charge in [-0.3, -0.25) is 9.69 Å². The molecule has 1 fully saturated rings. The monoisotopic (exact) mass is 296 g/mol.